The predicted molar refractivity (Wildman–Crippen MR) is 67.6 cm³/mol. The van der Waals surface area contributed by atoms with E-state index >= 15 is 0 Å². The van der Waals surface area contributed by atoms with Crippen LogP contribution in [0.4, 0.5) is 4.39 Å². The minimum absolute atomic E-state index is 0.268. The monoisotopic (exact) mass is 292 g/mol. The molecule has 2 nitrogen and oxygen atoms in total. The van der Waals surface area contributed by atoms with Crippen LogP contribution in [0, 0.1) is 5.82 Å². The second-order valence-electron chi connectivity index (χ2n) is 3.72. The van der Waals surface area contributed by atoms with E-state index in [2.05, 4.69) is 15.9 Å². The van der Waals surface area contributed by atoms with Gasteiger partial charge in [0, 0.05) is 15.9 Å². The lowest BCUT2D eigenvalue weighted by Gasteiger charge is -2.02. The summed E-state index contributed by atoms with van der Waals surface area (Å²) in [5, 5.41) is 1.98. The maximum atomic E-state index is 13.1. The van der Waals surface area contributed by atoms with Gasteiger partial charge in [0.1, 0.15) is 11.4 Å². The summed E-state index contributed by atoms with van der Waals surface area (Å²) in [5.41, 5.74) is -0.191. The molecule has 0 N–H and O–H groups in total. The van der Waals surface area contributed by atoms with Crippen molar-refractivity contribution in [3.63, 3.8) is 0 Å². The second kappa shape index (κ2) is 3.67. The zero-order chi connectivity index (χ0) is 12.0. The van der Waals surface area contributed by atoms with Gasteiger partial charge in [-0.25, -0.2) is 9.18 Å². The third kappa shape index (κ3) is 1.65. The van der Waals surface area contributed by atoms with E-state index in [1.807, 2.05) is 12.1 Å². The Kier molecular flexibility index (Phi) is 2.26. The molecule has 84 valence electrons. The quantitative estimate of drug-likeness (QED) is 0.465. The highest BCUT2D eigenvalue weighted by Gasteiger charge is 2.08. The molecule has 0 radical (unpaired) electrons. The Bertz CT molecular complexity index is 792. The van der Waals surface area contributed by atoms with E-state index < -0.39 is 11.4 Å². The molecule has 0 spiro atoms. The molecule has 0 unspecified atom stereocenters. The minimum Gasteiger partial charge on any atom is -0.422 e. The molecule has 0 aliphatic heterocycles. The molecule has 1 aromatic heterocycles. The summed E-state index contributed by atoms with van der Waals surface area (Å²) in [7, 11) is 0. The highest BCUT2D eigenvalue weighted by Crippen LogP contribution is 2.25. The lowest BCUT2D eigenvalue weighted by molar-refractivity contribution is 0.562. The Morgan fingerprint density at radius 3 is 2.59 bits per heavy atom. The van der Waals surface area contributed by atoms with Gasteiger partial charge in [-0.3, -0.25) is 0 Å². The fourth-order valence-electron chi connectivity index (χ4n) is 1.88. The molecule has 3 rings (SSSR count). The van der Waals surface area contributed by atoms with Gasteiger partial charge in [-0.2, -0.15) is 0 Å². The van der Waals surface area contributed by atoms with E-state index in [1.165, 1.54) is 12.1 Å². The van der Waals surface area contributed by atoms with Crippen molar-refractivity contribution in [1.29, 1.82) is 0 Å². The summed E-state index contributed by atoms with van der Waals surface area (Å²) >= 11 is 3.30. The molecule has 0 bridgehead atoms. The number of rotatable bonds is 0. The van der Waals surface area contributed by atoms with E-state index in [4.69, 9.17) is 4.42 Å². The third-order valence-corrected chi connectivity index (χ3v) is 3.13. The van der Waals surface area contributed by atoms with E-state index in [9.17, 15) is 9.18 Å². The highest BCUT2D eigenvalue weighted by molar-refractivity contribution is 9.10. The van der Waals surface area contributed by atoms with Gasteiger partial charge in [0.15, 0.2) is 0 Å². The molecule has 0 saturated heterocycles. The summed E-state index contributed by atoms with van der Waals surface area (Å²) in [6.07, 6.45) is 0. The molecule has 0 fully saturated rings. The van der Waals surface area contributed by atoms with Crippen LogP contribution in [-0.2, 0) is 0 Å². The molecule has 0 atom stereocenters. The zero-order valence-electron chi connectivity index (χ0n) is 8.54. The van der Waals surface area contributed by atoms with Crippen LogP contribution < -0.4 is 5.63 Å². The van der Waals surface area contributed by atoms with Crippen molar-refractivity contribution in [3.8, 4) is 0 Å². The van der Waals surface area contributed by atoms with Crippen molar-refractivity contribution in [1.82, 2.24) is 0 Å². The van der Waals surface area contributed by atoms with Gasteiger partial charge >= 0.3 is 5.63 Å². The van der Waals surface area contributed by atoms with Gasteiger partial charge in [0.25, 0.3) is 0 Å². The summed E-state index contributed by atoms with van der Waals surface area (Å²) < 4.78 is 19.0. The number of hydrogen-bond acceptors (Lipinski definition) is 2. The molecule has 2 aromatic carbocycles. The van der Waals surface area contributed by atoms with Crippen LogP contribution in [0.1, 0.15) is 0 Å². The lowest BCUT2D eigenvalue weighted by Crippen LogP contribution is -1.99. The van der Waals surface area contributed by atoms with Gasteiger partial charge in [0.2, 0.25) is 0 Å². The molecular weight excluding hydrogens is 287 g/mol. The van der Waals surface area contributed by atoms with Crippen LogP contribution in [0.3, 0.4) is 0 Å². The minimum atomic E-state index is -0.459. The first-order valence-corrected chi connectivity index (χ1v) is 5.76. The Balaban J connectivity index is 2.60. The van der Waals surface area contributed by atoms with Crippen LogP contribution in [0.2, 0.25) is 0 Å². The van der Waals surface area contributed by atoms with E-state index in [0.29, 0.717) is 5.39 Å². The number of fused-ring (bicyclic) bond motifs is 3. The van der Waals surface area contributed by atoms with Crippen LogP contribution in [0.15, 0.2) is 50.1 Å². The second-order valence-corrected chi connectivity index (χ2v) is 4.64. The van der Waals surface area contributed by atoms with Crippen molar-refractivity contribution < 1.29 is 8.81 Å². The normalized spacial score (nSPS) is 11.2. The summed E-state index contributed by atoms with van der Waals surface area (Å²) in [6.45, 7) is 0. The molecule has 4 heteroatoms. The van der Waals surface area contributed by atoms with Crippen LogP contribution in [0.5, 0.6) is 0 Å². The number of hydrogen-bond donors (Lipinski definition) is 0. The molecular formula is C13H6BrFO2. The maximum Gasteiger partial charge on any atom is 0.344 e. The first-order chi connectivity index (χ1) is 8.15. The van der Waals surface area contributed by atoms with E-state index in [0.717, 1.165) is 15.2 Å². The van der Waals surface area contributed by atoms with Crippen molar-refractivity contribution in [2.75, 3.05) is 0 Å². The molecule has 1 heterocycles. The molecule has 3 aromatic rings. The zero-order valence-corrected chi connectivity index (χ0v) is 10.1. The van der Waals surface area contributed by atoms with Crippen molar-refractivity contribution >= 4 is 37.7 Å². The summed E-state index contributed by atoms with van der Waals surface area (Å²) in [5.74, 6) is -0.419. The van der Waals surface area contributed by atoms with Crippen LogP contribution >= 0.6 is 15.9 Å². The Morgan fingerprint density at radius 2 is 1.76 bits per heavy atom. The smallest absolute Gasteiger partial charge is 0.344 e. The standard InChI is InChI=1S/C13H6BrFO2/c14-7-1-3-9-10-4-2-8(15)6-12(10)17-13(16)11(9)5-7/h1-6H. The van der Waals surface area contributed by atoms with Gasteiger partial charge < -0.3 is 4.42 Å². The van der Waals surface area contributed by atoms with Crippen LogP contribution in [-0.4, -0.2) is 0 Å². The number of halogens is 2. The summed E-state index contributed by atoms with van der Waals surface area (Å²) in [4.78, 5) is 11.7. The van der Waals surface area contributed by atoms with Gasteiger partial charge in [-0.1, -0.05) is 22.0 Å². The van der Waals surface area contributed by atoms with Gasteiger partial charge in [-0.15, -0.1) is 0 Å². The predicted octanol–water partition coefficient (Wildman–Crippen LogP) is 3.85. The van der Waals surface area contributed by atoms with Crippen molar-refractivity contribution in [3.05, 3.63) is 57.1 Å². The molecule has 0 saturated carbocycles. The fraction of sp³-hybridized carbons (Fsp3) is 0. The van der Waals surface area contributed by atoms with E-state index in [1.54, 1.807) is 12.1 Å². The average Bonchev–Trinajstić information content (AvgIpc) is 2.29. The Morgan fingerprint density at radius 1 is 1.00 bits per heavy atom. The number of benzene rings is 2. The van der Waals surface area contributed by atoms with Crippen LogP contribution in [0.25, 0.3) is 21.7 Å². The van der Waals surface area contributed by atoms with E-state index in [-0.39, 0.29) is 5.58 Å². The summed E-state index contributed by atoms with van der Waals surface area (Å²) in [6, 6.07) is 9.54. The van der Waals surface area contributed by atoms with Crippen molar-refractivity contribution in [2.24, 2.45) is 0 Å². The topological polar surface area (TPSA) is 30.2 Å². The SMILES string of the molecule is O=c1oc2cc(F)ccc2c2ccc(Br)cc12. The van der Waals surface area contributed by atoms with Gasteiger partial charge in [-0.05, 0) is 29.7 Å². The molecule has 0 aliphatic carbocycles. The molecule has 0 aliphatic rings. The van der Waals surface area contributed by atoms with Crippen molar-refractivity contribution in [2.45, 2.75) is 0 Å². The van der Waals surface area contributed by atoms with Gasteiger partial charge in [0.05, 0.1) is 5.39 Å². The fourth-order valence-corrected chi connectivity index (χ4v) is 2.24. The highest BCUT2D eigenvalue weighted by atomic mass is 79.9. The molecule has 17 heavy (non-hydrogen) atoms. The first kappa shape index (κ1) is 10.5. The third-order valence-electron chi connectivity index (χ3n) is 2.64. The average molecular weight is 293 g/mol. The first-order valence-electron chi connectivity index (χ1n) is 4.97. The lowest BCUT2D eigenvalue weighted by atomic mass is 10.1. The Labute approximate surface area is 104 Å². The Hall–Kier alpha value is -1.68. The largest absolute Gasteiger partial charge is 0.422 e. The molecule has 0 amide bonds. The maximum absolute atomic E-state index is 13.1.